The maximum absolute atomic E-state index is 12.6. The number of aryl methyl sites for hydroxylation is 1. The molecule has 1 fully saturated rings. The molecular weight excluding hydrogens is 256 g/mol. The van der Waals surface area contributed by atoms with Gasteiger partial charge in [-0.1, -0.05) is 13.3 Å². The van der Waals surface area contributed by atoms with E-state index in [0.717, 1.165) is 37.4 Å². The van der Waals surface area contributed by atoms with Crippen LogP contribution in [0.25, 0.3) is 0 Å². The molecule has 1 amide bonds. The Bertz CT molecular complexity index is 410. The summed E-state index contributed by atoms with van der Waals surface area (Å²) in [6.07, 6.45) is 4.64. The summed E-state index contributed by atoms with van der Waals surface area (Å²) in [5.41, 5.74) is 0. The fourth-order valence-electron chi connectivity index (χ4n) is 2.51. The normalized spacial score (nSPS) is 18.7. The number of nitrogens with zero attached hydrogens (tertiary/aromatic N) is 1. The van der Waals surface area contributed by atoms with Crippen LogP contribution in [-0.4, -0.2) is 36.5 Å². The first-order chi connectivity index (χ1) is 9.20. The van der Waals surface area contributed by atoms with Gasteiger partial charge in [0.2, 0.25) is 0 Å². The summed E-state index contributed by atoms with van der Waals surface area (Å²) in [5.74, 6) is 0.209. The van der Waals surface area contributed by atoms with Crippen LogP contribution in [-0.2, 0) is 0 Å². The van der Waals surface area contributed by atoms with Crippen LogP contribution in [0.15, 0.2) is 12.1 Å². The third-order valence-corrected chi connectivity index (χ3v) is 4.61. The molecule has 0 bridgehead atoms. The highest BCUT2D eigenvalue weighted by molar-refractivity contribution is 7.13. The highest BCUT2D eigenvalue weighted by Gasteiger charge is 2.22. The van der Waals surface area contributed by atoms with E-state index in [1.165, 1.54) is 17.7 Å². The summed E-state index contributed by atoms with van der Waals surface area (Å²) < 4.78 is 0. The molecule has 1 atom stereocenters. The molecule has 1 unspecified atom stereocenters. The van der Waals surface area contributed by atoms with Crippen LogP contribution in [0, 0.1) is 6.92 Å². The Morgan fingerprint density at radius 2 is 2.37 bits per heavy atom. The molecule has 0 saturated carbocycles. The van der Waals surface area contributed by atoms with Crippen LogP contribution < -0.4 is 5.32 Å². The largest absolute Gasteiger partial charge is 0.336 e. The molecule has 0 aliphatic carbocycles. The first-order valence-corrected chi connectivity index (χ1v) is 8.11. The van der Waals surface area contributed by atoms with Gasteiger partial charge in [0, 0.05) is 24.0 Å². The van der Waals surface area contributed by atoms with Crippen molar-refractivity contribution in [3.05, 3.63) is 21.9 Å². The summed E-state index contributed by atoms with van der Waals surface area (Å²) in [7, 11) is 0. The number of hydrogen-bond acceptors (Lipinski definition) is 3. The van der Waals surface area contributed by atoms with E-state index in [4.69, 9.17) is 0 Å². The maximum atomic E-state index is 12.6. The zero-order valence-corrected chi connectivity index (χ0v) is 12.8. The number of rotatable bonds is 6. The van der Waals surface area contributed by atoms with Gasteiger partial charge in [-0.05, 0) is 44.9 Å². The minimum atomic E-state index is 0.209. The minimum absolute atomic E-state index is 0.209. The Balaban J connectivity index is 2.00. The predicted molar refractivity (Wildman–Crippen MR) is 80.9 cm³/mol. The molecule has 0 radical (unpaired) electrons. The van der Waals surface area contributed by atoms with Gasteiger partial charge in [0.25, 0.3) is 5.91 Å². The molecule has 19 heavy (non-hydrogen) atoms. The number of unbranched alkanes of at least 4 members (excludes halogenated alkanes) is 1. The van der Waals surface area contributed by atoms with E-state index >= 15 is 0 Å². The minimum Gasteiger partial charge on any atom is -0.336 e. The number of amides is 1. The molecule has 1 N–H and O–H groups in total. The number of hydrogen-bond donors (Lipinski definition) is 1. The number of nitrogens with one attached hydrogen (secondary N) is 1. The van der Waals surface area contributed by atoms with Gasteiger partial charge >= 0.3 is 0 Å². The number of carbonyl (C=O) groups excluding carboxylic acids is 1. The van der Waals surface area contributed by atoms with Crippen molar-refractivity contribution in [1.82, 2.24) is 10.2 Å². The van der Waals surface area contributed by atoms with E-state index in [-0.39, 0.29) is 5.91 Å². The van der Waals surface area contributed by atoms with Crippen molar-refractivity contribution in [3.63, 3.8) is 0 Å². The standard InChI is InChI=1S/C15H24N2OS/c1-3-4-10-17(11-13-6-5-9-16-13)15(18)14-8-7-12(2)19-14/h7-8,13,16H,3-6,9-11H2,1-2H3. The number of carbonyl (C=O) groups is 1. The Hall–Kier alpha value is -0.870. The van der Waals surface area contributed by atoms with Gasteiger partial charge in [0.1, 0.15) is 0 Å². The van der Waals surface area contributed by atoms with Crippen LogP contribution in [0.3, 0.4) is 0 Å². The molecule has 1 saturated heterocycles. The van der Waals surface area contributed by atoms with Crippen molar-refractivity contribution in [2.75, 3.05) is 19.6 Å². The Morgan fingerprint density at radius 3 is 2.95 bits per heavy atom. The van der Waals surface area contributed by atoms with Crippen LogP contribution in [0.5, 0.6) is 0 Å². The monoisotopic (exact) mass is 280 g/mol. The van der Waals surface area contributed by atoms with Crippen molar-refractivity contribution in [3.8, 4) is 0 Å². The van der Waals surface area contributed by atoms with E-state index in [1.807, 2.05) is 17.0 Å². The predicted octanol–water partition coefficient (Wildman–Crippen LogP) is 3.05. The van der Waals surface area contributed by atoms with Crippen LogP contribution in [0.1, 0.15) is 47.2 Å². The van der Waals surface area contributed by atoms with Gasteiger partial charge in [0.15, 0.2) is 0 Å². The molecule has 1 aliphatic heterocycles. The van der Waals surface area contributed by atoms with Gasteiger partial charge in [0.05, 0.1) is 4.88 Å². The molecule has 1 aliphatic rings. The summed E-state index contributed by atoms with van der Waals surface area (Å²) in [4.78, 5) is 16.7. The lowest BCUT2D eigenvalue weighted by atomic mass is 10.2. The van der Waals surface area contributed by atoms with Gasteiger partial charge < -0.3 is 10.2 Å². The molecule has 0 spiro atoms. The Morgan fingerprint density at radius 1 is 1.53 bits per heavy atom. The van der Waals surface area contributed by atoms with Gasteiger partial charge in [-0.3, -0.25) is 4.79 Å². The molecule has 106 valence electrons. The smallest absolute Gasteiger partial charge is 0.263 e. The Labute approximate surface area is 120 Å². The SMILES string of the molecule is CCCCN(CC1CCCN1)C(=O)c1ccc(C)s1. The molecule has 3 nitrogen and oxygen atoms in total. The second kappa shape index (κ2) is 7.06. The second-order valence-electron chi connectivity index (χ2n) is 5.31. The lowest BCUT2D eigenvalue weighted by Gasteiger charge is -2.25. The van der Waals surface area contributed by atoms with Crippen molar-refractivity contribution in [1.29, 1.82) is 0 Å². The molecule has 0 aromatic carbocycles. The van der Waals surface area contributed by atoms with Crippen molar-refractivity contribution in [2.45, 2.75) is 45.6 Å². The quantitative estimate of drug-likeness (QED) is 0.868. The van der Waals surface area contributed by atoms with Crippen molar-refractivity contribution >= 4 is 17.2 Å². The molecule has 1 aromatic rings. The van der Waals surface area contributed by atoms with Crippen LogP contribution >= 0.6 is 11.3 Å². The zero-order valence-electron chi connectivity index (χ0n) is 11.9. The lowest BCUT2D eigenvalue weighted by Crippen LogP contribution is -2.41. The second-order valence-corrected chi connectivity index (χ2v) is 6.60. The fourth-order valence-corrected chi connectivity index (χ4v) is 3.34. The summed E-state index contributed by atoms with van der Waals surface area (Å²) in [6.45, 7) is 7.06. The molecule has 2 rings (SSSR count). The maximum Gasteiger partial charge on any atom is 0.263 e. The van der Waals surface area contributed by atoms with Gasteiger partial charge in [-0.25, -0.2) is 0 Å². The highest BCUT2D eigenvalue weighted by atomic mass is 32.1. The summed E-state index contributed by atoms with van der Waals surface area (Å²) >= 11 is 1.60. The molecular formula is C15H24N2OS. The van der Waals surface area contributed by atoms with E-state index in [9.17, 15) is 4.79 Å². The first-order valence-electron chi connectivity index (χ1n) is 7.29. The van der Waals surface area contributed by atoms with Crippen LogP contribution in [0.4, 0.5) is 0 Å². The van der Waals surface area contributed by atoms with E-state index in [0.29, 0.717) is 6.04 Å². The number of thiophene rings is 1. The molecule has 2 heterocycles. The van der Waals surface area contributed by atoms with Gasteiger partial charge in [-0.15, -0.1) is 11.3 Å². The summed E-state index contributed by atoms with van der Waals surface area (Å²) in [5, 5.41) is 3.48. The van der Waals surface area contributed by atoms with Crippen molar-refractivity contribution in [2.24, 2.45) is 0 Å². The third-order valence-electron chi connectivity index (χ3n) is 3.62. The molecule has 4 heteroatoms. The van der Waals surface area contributed by atoms with Gasteiger partial charge in [-0.2, -0.15) is 0 Å². The topological polar surface area (TPSA) is 32.3 Å². The summed E-state index contributed by atoms with van der Waals surface area (Å²) in [6, 6.07) is 4.48. The Kier molecular flexibility index (Phi) is 5.40. The zero-order chi connectivity index (χ0) is 13.7. The first kappa shape index (κ1) is 14.5. The highest BCUT2D eigenvalue weighted by Crippen LogP contribution is 2.18. The average molecular weight is 280 g/mol. The van der Waals surface area contributed by atoms with Crippen molar-refractivity contribution < 1.29 is 4.79 Å². The van der Waals surface area contributed by atoms with E-state index in [2.05, 4.69) is 19.2 Å². The lowest BCUT2D eigenvalue weighted by molar-refractivity contribution is 0.0744. The van der Waals surface area contributed by atoms with Crippen LogP contribution in [0.2, 0.25) is 0 Å². The van der Waals surface area contributed by atoms with E-state index < -0.39 is 0 Å². The van der Waals surface area contributed by atoms with E-state index in [1.54, 1.807) is 11.3 Å². The molecule has 1 aromatic heterocycles. The average Bonchev–Trinajstić information content (AvgIpc) is 3.05. The fraction of sp³-hybridized carbons (Fsp3) is 0.667. The third kappa shape index (κ3) is 4.05.